The van der Waals surface area contributed by atoms with Crippen LogP contribution >= 0.6 is 0 Å². The van der Waals surface area contributed by atoms with Gasteiger partial charge in [0, 0.05) is 6.54 Å². The highest BCUT2D eigenvalue weighted by molar-refractivity contribution is 6.74. The van der Waals surface area contributed by atoms with Crippen molar-refractivity contribution in [2.24, 2.45) is 5.92 Å². The van der Waals surface area contributed by atoms with Crippen LogP contribution in [0, 0.1) is 5.92 Å². The molecule has 1 unspecified atom stereocenters. The topological polar surface area (TPSA) is 113 Å². The SMILES string of the molecule is CC(CO[Si](C)(C)C(C)(C)C)N(CCCC(C(=O)O)C(=O)O)C(=O)OC(C)(C)C. The molecule has 1 atom stereocenters. The highest BCUT2D eigenvalue weighted by Crippen LogP contribution is 2.36. The van der Waals surface area contributed by atoms with Crippen LogP contribution in [0.4, 0.5) is 4.79 Å². The molecule has 0 heterocycles. The molecule has 0 rings (SSSR count). The smallest absolute Gasteiger partial charge is 0.410 e. The Bertz CT molecular complexity index is 564. The van der Waals surface area contributed by atoms with Gasteiger partial charge in [-0.05, 0) is 58.7 Å². The van der Waals surface area contributed by atoms with E-state index in [2.05, 4.69) is 33.9 Å². The Labute approximate surface area is 175 Å². The monoisotopic (exact) mass is 433 g/mol. The highest BCUT2D eigenvalue weighted by atomic mass is 28.4. The van der Waals surface area contributed by atoms with E-state index in [0.717, 1.165) is 0 Å². The van der Waals surface area contributed by atoms with E-state index in [1.165, 1.54) is 4.90 Å². The van der Waals surface area contributed by atoms with E-state index in [9.17, 15) is 14.4 Å². The molecule has 0 bridgehead atoms. The number of carboxylic acid groups (broad SMARTS) is 2. The van der Waals surface area contributed by atoms with E-state index in [4.69, 9.17) is 19.4 Å². The van der Waals surface area contributed by atoms with Crippen molar-refractivity contribution >= 4 is 26.3 Å². The lowest BCUT2D eigenvalue weighted by Crippen LogP contribution is -2.48. The fourth-order valence-corrected chi connectivity index (χ4v) is 3.36. The molecular weight excluding hydrogens is 394 g/mol. The van der Waals surface area contributed by atoms with Crippen LogP contribution in [-0.4, -0.2) is 66.3 Å². The first kappa shape index (κ1) is 27.4. The molecule has 170 valence electrons. The molecule has 0 aromatic carbocycles. The van der Waals surface area contributed by atoms with E-state index < -0.39 is 37.9 Å². The van der Waals surface area contributed by atoms with Crippen LogP contribution in [0.5, 0.6) is 0 Å². The van der Waals surface area contributed by atoms with Gasteiger partial charge in [-0.3, -0.25) is 9.59 Å². The van der Waals surface area contributed by atoms with Gasteiger partial charge in [-0.25, -0.2) is 4.79 Å². The van der Waals surface area contributed by atoms with Gasteiger partial charge < -0.3 is 24.3 Å². The lowest BCUT2D eigenvalue weighted by Gasteiger charge is -2.39. The molecule has 0 aliphatic rings. The van der Waals surface area contributed by atoms with E-state index in [1.54, 1.807) is 20.8 Å². The predicted molar refractivity (Wildman–Crippen MR) is 114 cm³/mol. The largest absolute Gasteiger partial charge is 0.481 e. The molecule has 29 heavy (non-hydrogen) atoms. The van der Waals surface area contributed by atoms with E-state index in [0.29, 0.717) is 6.61 Å². The second kappa shape index (κ2) is 10.4. The molecular formula is C20H39NO7Si. The molecule has 0 spiro atoms. The van der Waals surface area contributed by atoms with Gasteiger partial charge in [-0.1, -0.05) is 20.8 Å². The van der Waals surface area contributed by atoms with Crippen LogP contribution in [0.25, 0.3) is 0 Å². The van der Waals surface area contributed by atoms with Crippen LogP contribution in [0.1, 0.15) is 61.3 Å². The number of ether oxygens (including phenoxy) is 1. The Hall–Kier alpha value is -1.61. The first-order chi connectivity index (χ1) is 12.9. The summed E-state index contributed by atoms with van der Waals surface area (Å²) < 4.78 is 11.7. The maximum Gasteiger partial charge on any atom is 0.410 e. The van der Waals surface area contributed by atoms with Gasteiger partial charge in [-0.15, -0.1) is 0 Å². The van der Waals surface area contributed by atoms with E-state index >= 15 is 0 Å². The number of carboxylic acids is 2. The average Bonchev–Trinajstić information content (AvgIpc) is 2.48. The van der Waals surface area contributed by atoms with Crippen LogP contribution in [0.15, 0.2) is 0 Å². The van der Waals surface area contributed by atoms with E-state index in [-0.39, 0.29) is 30.5 Å². The number of carbonyl (C=O) groups is 3. The Morgan fingerprint density at radius 2 is 1.48 bits per heavy atom. The third-order valence-corrected chi connectivity index (χ3v) is 9.64. The van der Waals surface area contributed by atoms with Crippen molar-refractivity contribution in [2.75, 3.05) is 13.2 Å². The zero-order valence-corrected chi connectivity index (χ0v) is 20.4. The molecule has 0 aromatic heterocycles. The summed E-state index contributed by atoms with van der Waals surface area (Å²) in [7, 11) is -2.01. The summed E-state index contributed by atoms with van der Waals surface area (Å²) in [6.07, 6.45) is -0.363. The fourth-order valence-electron chi connectivity index (χ4n) is 2.27. The second-order valence-electron chi connectivity index (χ2n) is 9.97. The molecule has 1 amide bonds. The quantitative estimate of drug-likeness (QED) is 0.392. The van der Waals surface area contributed by atoms with Crippen LogP contribution in [-0.2, 0) is 18.8 Å². The number of amides is 1. The van der Waals surface area contributed by atoms with Gasteiger partial charge in [0.1, 0.15) is 5.60 Å². The lowest BCUT2D eigenvalue weighted by molar-refractivity contribution is -0.154. The van der Waals surface area contributed by atoms with Gasteiger partial charge in [-0.2, -0.15) is 0 Å². The summed E-state index contributed by atoms with van der Waals surface area (Å²) in [5, 5.41) is 18.1. The van der Waals surface area contributed by atoms with Crippen molar-refractivity contribution in [1.29, 1.82) is 0 Å². The van der Waals surface area contributed by atoms with Crippen molar-refractivity contribution in [3.05, 3.63) is 0 Å². The zero-order chi connectivity index (χ0) is 23.2. The minimum absolute atomic E-state index is 0.0274. The number of nitrogens with zero attached hydrogens (tertiary/aromatic N) is 1. The van der Waals surface area contributed by atoms with Gasteiger partial charge in [0.2, 0.25) is 0 Å². The average molecular weight is 434 g/mol. The van der Waals surface area contributed by atoms with Crippen LogP contribution in [0.2, 0.25) is 18.1 Å². The Morgan fingerprint density at radius 3 is 1.86 bits per heavy atom. The fraction of sp³-hybridized carbons (Fsp3) is 0.850. The molecule has 0 aliphatic carbocycles. The first-order valence-electron chi connectivity index (χ1n) is 9.98. The van der Waals surface area contributed by atoms with Crippen LogP contribution in [0.3, 0.4) is 0 Å². The summed E-state index contributed by atoms with van der Waals surface area (Å²) in [5.41, 5.74) is -0.681. The first-order valence-corrected chi connectivity index (χ1v) is 12.9. The van der Waals surface area contributed by atoms with Crippen molar-refractivity contribution in [2.45, 2.75) is 91.1 Å². The normalized spacial score (nSPS) is 13.9. The number of hydrogen-bond acceptors (Lipinski definition) is 5. The molecule has 0 saturated heterocycles. The molecule has 9 heteroatoms. The summed E-state index contributed by atoms with van der Waals surface area (Å²) >= 11 is 0. The number of rotatable bonds is 10. The molecule has 0 radical (unpaired) electrons. The van der Waals surface area contributed by atoms with Crippen molar-refractivity contribution in [3.63, 3.8) is 0 Å². The summed E-state index contributed by atoms with van der Waals surface area (Å²) in [6, 6.07) is -0.299. The third-order valence-electron chi connectivity index (χ3n) is 5.14. The van der Waals surface area contributed by atoms with Gasteiger partial charge in [0.25, 0.3) is 0 Å². The molecule has 0 fully saturated rings. The highest BCUT2D eigenvalue weighted by Gasteiger charge is 2.38. The minimum atomic E-state index is -2.01. The molecule has 2 N–H and O–H groups in total. The number of hydrogen-bond donors (Lipinski definition) is 2. The zero-order valence-electron chi connectivity index (χ0n) is 19.4. The summed E-state index contributed by atoms with van der Waals surface area (Å²) in [4.78, 5) is 36.3. The Balaban J connectivity index is 5.21. The maximum atomic E-state index is 12.7. The number of carbonyl (C=O) groups excluding carboxylic acids is 1. The van der Waals surface area contributed by atoms with Gasteiger partial charge in [0.05, 0.1) is 12.6 Å². The molecule has 0 aliphatic heterocycles. The standard InChI is InChI=1S/C20H39NO7Si/c1-14(13-27-29(8,9)20(5,6)7)21(18(26)28-19(2,3)4)12-10-11-15(16(22)23)17(24)25/h14-15H,10-13H2,1-9H3,(H,22,23)(H,24,25). The Morgan fingerprint density at radius 1 is 1.00 bits per heavy atom. The predicted octanol–water partition coefficient (Wildman–Crippen LogP) is 4.20. The third kappa shape index (κ3) is 9.62. The van der Waals surface area contributed by atoms with Crippen molar-refractivity contribution in [1.82, 2.24) is 4.90 Å². The molecule has 0 aromatic rings. The lowest BCUT2D eigenvalue weighted by atomic mass is 10.0. The summed E-state index contributed by atoms with van der Waals surface area (Å²) in [5.74, 6) is -4.25. The van der Waals surface area contributed by atoms with E-state index in [1.807, 2.05) is 6.92 Å². The summed E-state index contributed by atoms with van der Waals surface area (Å²) in [6.45, 7) is 18.3. The van der Waals surface area contributed by atoms with Gasteiger partial charge >= 0.3 is 18.0 Å². The van der Waals surface area contributed by atoms with Gasteiger partial charge in [0.15, 0.2) is 14.2 Å². The molecule has 0 saturated carbocycles. The Kier molecular flexibility index (Phi) is 9.85. The minimum Gasteiger partial charge on any atom is -0.481 e. The molecule has 8 nitrogen and oxygen atoms in total. The second-order valence-corrected chi connectivity index (χ2v) is 14.8. The van der Waals surface area contributed by atoms with Crippen molar-refractivity contribution < 1.29 is 33.8 Å². The van der Waals surface area contributed by atoms with Crippen LogP contribution < -0.4 is 0 Å². The van der Waals surface area contributed by atoms with Crippen molar-refractivity contribution in [3.8, 4) is 0 Å². The maximum absolute atomic E-state index is 12.7. The number of aliphatic carboxylic acids is 2.